The van der Waals surface area contributed by atoms with Crippen LogP contribution in [0.25, 0.3) is 0 Å². The van der Waals surface area contributed by atoms with Gasteiger partial charge in [-0.25, -0.2) is 4.79 Å². The second-order valence-corrected chi connectivity index (χ2v) is 7.56. The molecule has 0 aromatic heterocycles. The van der Waals surface area contributed by atoms with Crippen molar-refractivity contribution >= 4 is 11.9 Å². The molecule has 0 bridgehead atoms. The van der Waals surface area contributed by atoms with Crippen LogP contribution in [0.1, 0.15) is 65.9 Å². The quantitative estimate of drug-likeness (QED) is 0.616. The number of hydrogen-bond donors (Lipinski definition) is 0. The molecule has 140 valence electrons. The number of carbonyl (C=O) groups excluding carboxylic acids is 2. The Morgan fingerprint density at radius 1 is 1.08 bits per heavy atom. The maximum absolute atomic E-state index is 12.5. The van der Waals surface area contributed by atoms with Gasteiger partial charge in [-0.3, -0.25) is 4.79 Å². The average Bonchev–Trinajstić information content (AvgIpc) is 2.55. The third kappa shape index (κ3) is 8.71. The number of amides is 1. The zero-order chi connectivity index (χ0) is 18.9. The van der Waals surface area contributed by atoms with Crippen molar-refractivity contribution in [3.05, 3.63) is 35.9 Å². The van der Waals surface area contributed by atoms with Crippen LogP contribution in [0.15, 0.2) is 30.3 Å². The highest BCUT2D eigenvalue weighted by Gasteiger charge is 2.23. The molecule has 4 nitrogen and oxygen atoms in total. The number of ketones is 1. The number of Topliss-reactive ketones (excluding diaryl/α,β-unsaturated/α-hetero) is 1. The molecule has 4 heteroatoms. The normalized spacial score (nSPS) is 11.4. The predicted octanol–water partition coefficient (Wildman–Crippen LogP) is 5.21. The van der Waals surface area contributed by atoms with Crippen molar-refractivity contribution in [2.24, 2.45) is 5.92 Å². The van der Waals surface area contributed by atoms with Crippen molar-refractivity contribution in [3.8, 4) is 0 Å². The first-order valence-electron chi connectivity index (χ1n) is 9.28. The molecule has 1 amide bonds. The van der Waals surface area contributed by atoms with Crippen molar-refractivity contribution in [3.63, 3.8) is 0 Å². The second-order valence-electron chi connectivity index (χ2n) is 7.56. The van der Waals surface area contributed by atoms with Gasteiger partial charge in [0, 0.05) is 25.9 Å². The summed E-state index contributed by atoms with van der Waals surface area (Å²) in [5.41, 5.74) is 0.478. The van der Waals surface area contributed by atoms with E-state index in [0.717, 1.165) is 18.4 Å². The van der Waals surface area contributed by atoms with E-state index < -0.39 is 5.60 Å². The summed E-state index contributed by atoms with van der Waals surface area (Å²) < 4.78 is 5.50. The van der Waals surface area contributed by atoms with Crippen LogP contribution in [0.4, 0.5) is 4.79 Å². The van der Waals surface area contributed by atoms with Crippen LogP contribution in [0.3, 0.4) is 0 Å². The van der Waals surface area contributed by atoms with Crippen LogP contribution >= 0.6 is 0 Å². The van der Waals surface area contributed by atoms with E-state index in [0.29, 0.717) is 31.8 Å². The standard InChI is InChI=1S/C21H33NO3/c1-6-17(7-2)15-19(23)13-14-22(20(24)25-21(3,4)5)16-18-11-9-8-10-12-18/h8-12,17H,6-7,13-16H2,1-5H3. The third-order valence-electron chi connectivity index (χ3n) is 4.20. The van der Waals surface area contributed by atoms with Gasteiger partial charge in [-0.1, -0.05) is 57.0 Å². The fourth-order valence-corrected chi connectivity index (χ4v) is 2.63. The first kappa shape index (κ1) is 21.2. The number of nitrogens with zero attached hydrogens (tertiary/aromatic N) is 1. The van der Waals surface area contributed by atoms with E-state index in [1.165, 1.54) is 0 Å². The molecule has 1 aromatic rings. The van der Waals surface area contributed by atoms with Gasteiger partial charge in [-0.15, -0.1) is 0 Å². The second kappa shape index (κ2) is 10.2. The van der Waals surface area contributed by atoms with Gasteiger partial charge in [-0.2, -0.15) is 0 Å². The molecule has 0 saturated carbocycles. The minimum Gasteiger partial charge on any atom is -0.444 e. The highest BCUT2D eigenvalue weighted by Crippen LogP contribution is 2.16. The number of ether oxygens (including phenoxy) is 1. The summed E-state index contributed by atoms with van der Waals surface area (Å²) in [5.74, 6) is 0.659. The van der Waals surface area contributed by atoms with Crippen LogP contribution in [0, 0.1) is 5.92 Å². The Morgan fingerprint density at radius 3 is 2.20 bits per heavy atom. The lowest BCUT2D eigenvalue weighted by atomic mass is 9.96. The fraction of sp³-hybridized carbons (Fsp3) is 0.619. The van der Waals surface area contributed by atoms with E-state index in [1.54, 1.807) is 4.90 Å². The summed E-state index contributed by atoms with van der Waals surface area (Å²) in [6, 6.07) is 9.79. The molecule has 0 heterocycles. The molecule has 0 atom stereocenters. The Morgan fingerprint density at radius 2 is 1.68 bits per heavy atom. The first-order valence-corrected chi connectivity index (χ1v) is 9.28. The van der Waals surface area contributed by atoms with Gasteiger partial charge in [0.1, 0.15) is 11.4 Å². The summed E-state index contributed by atoms with van der Waals surface area (Å²) in [5, 5.41) is 0. The molecule has 1 rings (SSSR count). The Hall–Kier alpha value is -1.84. The molecular formula is C21H33NO3. The zero-order valence-electron chi connectivity index (χ0n) is 16.4. The molecule has 0 aliphatic rings. The molecule has 0 fully saturated rings. The molecule has 0 unspecified atom stereocenters. The van der Waals surface area contributed by atoms with Crippen LogP contribution < -0.4 is 0 Å². The smallest absolute Gasteiger partial charge is 0.410 e. The van der Waals surface area contributed by atoms with Crippen LogP contribution in [0.2, 0.25) is 0 Å². The fourth-order valence-electron chi connectivity index (χ4n) is 2.63. The average molecular weight is 347 g/mol. The monoisotopic (exact) mass is 347 g/mol. The summed E-state index contributed by atoms with van der Waals surface area (Å²) in [6.07, 6.45) is 2.64. The minimum atomic E-state index is -0.550. The van der Waals surface area contributed by atoms with E-state index in [1.807, 2.05) is 51.1 Å². The number of hydrogen-bond acceptors (Lipinski definition) is 3. The maximum atomic E-state index is 12.5. The molecule has 0 aliphatic heterocycles. The van der Waals surface area contributed by atoms with Crippen molar-refractivity contribution in [1.82, 2.24) is 4.90 Å². The zero-order valence-corrected chi connectivity index (χ0v) is 16.4. The highest BCUT2D eigenvalue weighted by molar-refractivity contribution is 5.79. The number of benzene rings is 1. The molecule has 0 aliphatic carbocycles. The van der Waals surface area contributed by atoms with Gasteiger partial charge >= 0.3 is 6.09 Å². The van der Waals surface area contributed by atoms with E-state index >= 15 is 0 Å². The number of carbonyl (C=O) groups is 2. The van der Waals surface area contributed by atoms with Gasteiger partial charge in [-0.05, 0) is 32.3 Å². The highest BCUT2D eigenvalue weighted by atomic mass is 16.6. The maximum Gasteiger partial charge on any atom is 0.410 e. The van der Waals surface area contributed by atoms with E-state index in [4.69, 9.17) is 4.74 Å². The Labute approximate surface area is 152 Å². The summed E-state index contributed by atoms with van der Waals surface area (Å²) >= 11 is 0. The molecule has 1 aromatic carbocycles. The summed E-state index contributed by atoms with van der Waals surface area (Å²) in [6.45, 7) is 10.6. The molecule has 0 N–H and O–H groups in total. The number of rotatable bonds is 9. The third-order valence-corrected chi connectivity index (χ3v) is 4.20. The van der Waals surface area contributed by atoms with Gasteiger partial charge in [0.25, 0.3) is 0 Å². The molecule has 0 radical (unpaired) electrons. The van der Waals surface area contributed by atoms with Gasteiger partial charge in [0.15, 0.2) is 0 Å². The van der Waals surface area contributed by atoms with E-state index in [-0.39, 0.29) is 11.9 Å². The lowest BCUT2D eigenvalue weighted by molar-refractivity contribution is -0.120. The Kier molecular flexibility index (Phi) is 8.67. The first-order chi connectivity index (χ1) is 11.7. The molecular weight excluding hydrogens is 314 g/mol. The summed E-state index contributed by atoms with van der Waals surface area (Å²) in [7, 11) is 0. The van der Waals surface area contributed by atoms with Crippen molar-refractivity contribution in [1.29, 1.82) is 0 Å². The van der Waals surface area contributed by atoms with Crippen molar-refractivity contribution in [2.45, 2.75) is 72.4 Å². The topological polar surface area (TPSA) is 46.6 Å². The van der Waals surface area contributed by atoms with Gasteiger partial charge < -0.3 is 9.64 Å². The Balaban J connectivity index is 2.70. The van der Waals surface area contributed by atoms with E-state index in [2.05, 4.69) is 13.8 Å². The van der Waals surface area contributed by atoms with Crippen LogP contribution in [-0.2, 0) is 16.1 Å². The van der Waals surface area contributed by atoms with Crippen molar-refractivity contribution in [2.75, 3.05) is 6.54 Å². The van der Waals surface area contributed by atoms with Crippen molar-refractivity contribution < 1.29 is 14.3 Å². The largest absolute Gasteiger partial charge is 0.444 e. The molecule has 0 saturated heterocycles. The lowest BCUT2D eigenvalue weighted by Crippen LogP contribution is -2.37. The Bertz CT molecular complexity index is 530. The lowest BCUT2D eigenvalue weighted by Gasteiger charge is -2.27. The molecule has 25 heavy (non-hydrogen) atoms. The SMILES string of the molecule is CCC(CC)CC(=O)CCN(Cc1ccccc1)C(=O)OC(C)(C)C. The minimum absolute atomic E-state index is 0.218. The van der Waals surface area contributed by atoms with Crippen LogP contribution in [0.5, 0.6) is 0 Å². The van der Waals surface area contributed by atoms with Crippen LogP contribution in [-0.4, -0.2) is 28.9 Å². The predicted molar refractivity (Wildman–Crippen MR) is 101 cm³/mol. The van der Waals surface area contributed by atoms with Gasteiger partial charge in [0.05, 0.1) is 0 Å². The van der Waals surface area contributed by atoms with Gasteiger partial charge in [0.2, 0.25) is 0 Å². The van der Waals surface area contributed by atoms with E-state index in [9.17, 15) is 9.59 Å². The summed E-state index contributed by atoms with van der Waals surface area (Å²) in [4.78, 5) is 26.4. The molecule has 0 spiro atoms.